The molecule has 18 heavy (non-hydrogen) atoms. The Hall–Kier alpha value is -0.770. The first-order valence-corrected chi connectivity index (χ1v) is 7.85. The highest BCUT2D eigenvalue weighted by atomic mass is 32.2. The van der Waals surface area contributed by atoms with Crippen LogP contribution in [-0.4, -0.2) is 21.8 Å². The molecule has 1 rings (SSSR count). The molecule has 0 radical (unpaired) electrons. The summed E-state index contributed by atoms with van der Waals surface area (Å²) in [6, 6.07) is 0. The zero-order valence-electron chi connectivity index (χ0n) is 12.2. The van der Waals surface area contributed by atoms with Crippen molar-refractivity contribution in [2.75, 3.05) is 11.9 Å². The number of hydrogen-bond acceptors (Lipinski definition) is 4. The maximum atomic E-state index is 4.67. The molecule has 0 atom stereocenters. The molecule has 0 fully saturated rings. The maximum absolute atomic E-state index is 4.67. The van der Waals surface area contributed by atoms with Crippen LogP contribution in [0.1, 0.15) is 51.2 Å². The highest BCUT2D eigenvalue weighted by Crippen LogP contribution is 2.20. The molecule has 0 aliphatic rings. The van der Waals surface area contributed by atoms with E-state index in [-0.39, 0.29) is 0 Å². The van der Waals surface area contributed by atoms with Gasteiger partial charge in [-0.05, 0) is 25.0 Å². The monoisotopic (exact) mass is 267 g/mol. The first-order chi connectivity index (χ1) is 8.58. The predicted molar refractivity (Wildman–Crippen MR) is 81.4 cm³/mol. The molecule has 0 saturated heterocycles. The van der Waals surface area contributed by atoms with Gasteiger partial charge in [-0.2, -0.15) is 11.8 Å². The number of anilines is 1. The van der Waals surface area contributed by atoms with Crippen LogP contribution in [0, 0.1) is 6.92 Å². The number of nitrogens with one attached hydrogen (secondary N) is 1. The van der Waals surface area contributed by atoms with E-state index in [2.05, 4.69) is 49.9 Å². The molecule has 0 bridgehead atoms. The smallest absolute Gasteiger partial charge is 0.140 e. The van der Waals surface area contributed by atoms with E-state index in [1.54, 1.807) is 0 Å². The lowest BCUT2D eigenvalue weighted by molar-refractivity contribution is 0.906. The molecule has 3 nitrogen and oxygen atoms in total. The van der Waals surface area contributed by atoms with Gasteiger partial charge in [-0.25, -0.2) is 9.97 Å². The quantitative estimate of drug-likeness (QED) is 0.815. The van der Waals surface area contributed by atoms with Gasteiger partial charge >= 0.3 is 0 Å². The van der Waals surface area contributed by atoms with Crippen LogP contribution in [0.4, 0.5) is 5.82 Å². The second kappa shape index (κ2) is 7.62. The van der Waals surface area contributed by atoms with E-state index in [0.717, 1.165) is 42.5 Å². The largest absolute Gasteiger partial charge is 0.370 e. The van der Waals surface area contributed by atoms with Crippen LogP contribution in [0.2, 0.25) is 0 Å². The molecule has 0 aliphatic heterocycles. The zero-order chi connectivity index (χ0) is 13.5. The average Bonchev–Trinajstić information content (AvgIpc) is 2.33. The predicted octanol–water partition coefficient (Wildman–Crippen LogP) is 3.81. The zero-order valence-corrected chi connectivity index (χ0v) is 13.0. The van der Waals surface area contributed by atoms with Gasteiger partial charge in [0.1, 0.15) is 11.6 Å². The van der Waals surface area contributed by atoms with Crippen molar-refractivity contribution in [2.45, 2.75) is 58.5 Å². The molecule has 4 heteroatoms. The molecule has 0 aliphatic carbocycles. The third-order valence-corrected chi connectivity index (χ3v) is 3.79. The van der Waals surface area contributed by atoms with E-state index in [4.69, 9.17) is 0 Å². The van der Waals surface area contributed by atoms with Crippen LogP contribution < -0.4 is 5.32 Å². The van der Waals surface area contributed by atoms with Crippen LogP contribution in [0.15, 0.2) is 0 Å². The van der Waals surface area contributed by atoms with Crippen LogP contribution in [0.5, 0.6) is 0 Å². The summed E-state index contributed by atoms with van der Waals surface area (Å²) in [5, 5.41) is 4.04. The highest BCUT2D eigenvalue weighted by Gasteiger charge is 2.10. The minimum absolute atomic E-state index is 0.617. The van der Waals surface area contributed by atoms with Crippen molar-refractivity contribution in [3.8, 4) is 0 Å². The summed E-state index contributed by atoms with van der Waals surface area (Å²) in [7, 11) is 0. The van der Waals surface area contributed by atoms with Gasteiger partial charge in [0, 0.05) is 17.8 Å². The molecule has 102 valence electrons. The number of aryl methyl sites for hydroxylation is 1. The molecule has 0 saturated carbocycles. The molecule has 1 N–H and O–H groups in total. The standard InChI is InChI=1S/C14H25N3S/c1-6-8-15-14-12(7-2)11(5)16-13(17-14)9-18-10(3)4/h10H,6-9H2,1-5H3,(H,15,16,17). The van der Waals surface area contributed by atoms with E-state index in [9.17, 15) is 0 Å². The molecule has 1 aromatic heterocycles. The van der Waals surface area contributed by atoms with Gasteiger partial charge in [0.05, 0.1) is 5.75 Å². The van der Waals surface area contributed by atoms with Crippen molar-refractivity contribution in [1.29, 1.82) is 0 Å². The van der Waals surface area contributed by atoms with Crippen LogP contribution >= 0.6 is 11.8 Å². The summed E-state index contributed by atoms with van der Waals surface area (Å²) >= 11 is 1.89. The van der Waals surface area contributed by atoms with E-state index in [1.165, 1.54) is 5.56 Å². The van der Waals surface area contributed by atoms with Gasteiger partial charge in [0.25, 0.3) is 0 Å². The van der Waals surface area contributed by atoms with Crippen LogP contribution in [-0.2, 0) is 12.2 Å². The van der Waals surface area contributed by atoms with E-state index < -0.39 is 0 Å². The van der Waals surface area contributed by atoms with E-state index in [0.29, 0.717) is 5.25 Å². The van der Waals surface area contributed by atoms with Crippen LogP contribution in [0.3, 0.4) is 0 Å². The molecular weight excluding hydrogens is 242 g/mol. The van der Waals surface area contributed by atoms with Gasteiger partial charge < -0.3 is 5.32 Å². The Morgan fingerprint density at radius 3 is 2.50 bits per heavy atom. The van der Waals surface area contributed by atoms with Gasteiger partial charge in [0.2, 0.25) is 0 Å². The van der Waals surface area contributed by atoms with E-state index >= 15 is 0 Å². The first-order valence-electron chi connectivity index (χ1n) is 6.80. The van der Waals surface area contributed by atoms with Crippen molar-refractivity contribution in [1.82, 2.24) is 9.97 Å². The van der Waals surface area contributed by atoms with Crippen LogP contribution in [0.25, 0.3) is 0 Å². The summed E-state index contributed by atoms with van der Waals surface area (Å²) in [5.74, 6) is 2.87. The van der Waals surface area contributed by atoms with Crippen molar-refractivity contribution in [2.24, 2.45) is 0 Å². The lowest BCUT2D eigenvalue weighted by Crippen LogP contribution is -2.10. The normalized spacial score (nSPS) is 11.0. The lowest BCUT2D eigenvalue weighted by Gasteiger charge is -2.13. The van der Waals surface area contributed by atoms with Gasteiger partial charge in [0.15, 0.2) is 0 Å². The summed E-state index contributed by atoms with van der Waals surface area (Å²) in [5.41, 5.74) is 2.37. The number of aromatic nitrogens is 2. The third-order valence-electron chi connectivity index (χ3n) is 2.70. The second-order valence-corrected chi connectivity index (χ2v) is 6.26. The fourth-order valence-corrected chi connectivity index (χ4v) is 2.38. The Morgan fingerprint density at radius 1 is 1.22 bits per heavy atom. The summed E-state index contributed by atoms with van der Waals surface area (Å²) in [6.07, 6.45) is 2.10. The summed E-state index contributed by atoms with van der Waals surface area (Å²) in [6.45, 7) is 11.8. The molecule has 1 heterocycles. The molecule has 0 spiro atoms. The van der Waals surface area contributed by atoms with Crippen molar-refractivity contribution < 1.29 is 0 Å². The van der Waals surface area contributed by atoms with Crippen molar-refractivity contribution >= 4 is 17.6 Å². The Balaban J connectivity index is 2.90. The summed E-state index contributed by atoms with van der Waals surface area (Å²) < 4.78 is 0. The van der Waals surface area contributed by atoms with E-state index in [1.807, 2.05) is 11.8 Å². The molecular formula is C14H25N3S. The van der Waals surface area contributed by atoms with Gasteiger partial charge in [-0.1, -0.05) is 27.7 Å². The number of thioether (sulfide) groups is 1. The average molecular weight is 267 g/mol. The highest BCUT2D eigenvalue weighted by molar-refractivity contribution is 7.99. The van der Waals surface area contributed by atoms with Gasteiger partial charge in [-0.15, -0.1) is 0 Å². The minimum Gasteiger partial charge on any atom is -0.370 e. The Morgan fingerprint density at radius 2 is 1.94 bits per heavy atom. The number of nitrogens with zero attached hydrogens (tertiary/aromatic N) is 2. The fraction of sp³-hybridized carbons (Fsp3) is 0.714. The third kappa shape index (κ3) is 4.48. The van der Waals surface area contributed by atoms with Gasteiger partial charge in [-0.3, -0.25) is 0 Å². The topological polar surface area (TPSA) is 37.8 Å². The van der Waals surface area contributed by atoms with Crippen molar-refractivity contribution in [3.05, 3.63) is 17.1 Å². The Labute approximate surface area is 115 Å². The fourth-order valence-electron chi connectivity index (χ4n) is 1.77. The Kier molecular flexibility index (Phi) is 6.47. The van der Waals surface area contributed by atoms with Crippen molar-refractivity contribution in [3.63, 3.8) is 0 Å². The minimum atomic E-state index is 0.617. The maximum Gasteiger partial charge on any atom is 0.140 e. The first kappa shape index (κ1) is 15.3. The number of hydrogen-bond donors (Lipinski definition) is 1. The molecule has 0 aromatic carbocycles. The number of rotatable bonds is 7. The Bertz CT molecular complexity index is 378. The molecule has 0 amide bonds. The second-order valence-electron chi connectivity index (χ2n) is 4.69. The summed E-state index contributed by atoms with van der Waals surface area (Å²) in [4.78, 5) is 9.28. The lowest BCUT2D eigenvalue weighted by atomic mass is 10.1. The SMILES string of the molecule is CCCNc1nc(CSC(C)C)nc(C)c1CC. The molecule has 1 aromatic rings. The molecule has 0 unspecified atom stereocenters.